The first-order chi connectivity index (χ1) is 5.97. The summed E-state index contributed by atoms with van der Waals surface area (Å²) in [5, 5.41) is 9.65. The van der Waals surface area contributed by atoms with E-state index < -0.39 is 5.41 Å². The van der Waals surface area contributed by atoms with Crippen LogP contribution in [0.2, 0.25) is 5.02 Å². The van der Waals surface area contributed by atoms with Gasteiger partial charge in [0.25, 0.3) is 0 Å². The van der Waals surface area contributed by atoms with Crippen LogP contribution in [0.4, 0.5) is 0 Å². The number of benzene rings is 1. The first-order valence-electron chi connectivity index (χ1n) is 4.15. The smallest absolute Gasteiger partial charge is 0.0769 e. The number of hydrogen-bond donors (Lipinski definition) is 0. The molecule has 0 saturated carbocycles. The molecule has 0 N–H and O–H groups in total. The van der Waals surface area contributed by atoms with Gasteiger partial charge < -0.3 is 0 Å². The van der Waals surface area contributed by atoms with Crippen LogP contribution in [0, 0.1) is 18.3 Å². The van der Waals surface area contributed by atoms with E-state index in [1.165, 1.54) is 0 Å². The van der Waals surface area contributed by atoms with E-state index in [0.29, 0.717) is 5.02 Å². The van der Waals surface area contributed by atoms with E-state index in [0.717, 1.165) is 11.1 Å². The Morgan fingerprint density at radius 3 is 2.54 bits per heavy atom. The predicted octanol–water partition coefficient (Wildman–Crippen LogP) is 3.45. The highest BCUT2D eigenvalue weighted by molar-refractivity contribution is 6.30. The van der Waals surface area contributed by atoms with Gasteiger partial charge in [-0.1, -0.05) is 17.7 Å². The van der Waals surface area contributed by atoms with E-state index in [-0.39, 0.29) is 0 Å². The van der Waals surface area contributed by atoms with Crippen molar-refractivity contribution < 1.29 is 0 Å². The molecule has 1 aromatic rings. The lowest BCUT2D eigenvalue weighted by Crippen LogP contribution is -2.15. The van der Waals surface area contributed by atoms with Crippen molar-refractivity contribution in [2.75, 3.05) is 0 Å². The zero-order chi connectivity index (χ0) is 10.1. The molecule has 0 aromatic heterocycles. The highest BCUT2D eigenvalue weighted by atomic mass is 35.5. The number of rotatable bonds is 1. The average molecular weight is 194 g/mol. The molecule has 0 aliphatic carbocycles. The summed E-state index contributed by atoms with van der Waals surface area (Å²) in [5.41, 5.74) is 1.65. The highest BCUT2D eigenvalue weighted by Crippen LogP contribution is 2.27. The van der Waals surface area contributed by atoms with Crippen LogP contribution >= 0.6 is 11.6 Å². The van der Waals surface area contributed by atoms with Crippen LogP contribution in [-0.4, -0.2) is 0 Å². The summed E-state index contributed by atoms with van der Waals surface area (Å²) in [4.78, 5) is 0. The predicted molar refractivity (Wildman–Crippen MR) is 54.8 cm³/mol. The fourth-order valence-corrected chi connectivity index (χ4v) is 1.50. The Labute approximate surface area is 84.0 Å². The lowest BCUT2D eigenvalue weighted by molar-refractivity contribution is 0.681. The summed E-state index contributed by atoms with van der Waals surface area (Å²) in [5.74, 6) is 0. The Bertz CT molecular complexity index is 361. The molecule has 0 amide bonds. The van der Waals surface area contributed by atoms with Gasteiger partial charge in [0.1, 0.15) is 0 Å². The van der Waals surface area contributed by atoms with Crippen molar-refractivity contribution in [3.05, 3.63) is 34.3 Å². The molecule has 0 aliphatic heterocycles. The molecule has 0 heterocycles. The van der Waals surface area contributed by atoms with Crippen LogP contribution in [0.5, 0.6) is 0 Å². The second-order valence-corrected chi connectivity index (χ2v) is 4.13. The van der Waals surface area contributed by atoms with Gasteiger partial charge in [-0.15, -0.1) is 0 Å². The average Bonchev–Trinajstić information content (AvgIpc) is 2.09. The summed E-state index contributed by atoms with van der Waals surface area (Å²) < 4.78 is 0. The Morgan fingerprint density at radius 1 is 1.38 bits per heavy atom. The van der Waals surface area contributed by atoms with Gasteiger partial charge in [-0.2, -0.15) is 5.26 Å². The lowest BCUT2D eigenvalue weighted by Gasteiger charge is -2.18. The molecule has 1 rings (SSSR count). The molecule has 0 radical (unpaired) electrons. The molecule has 0 bridgehead atoms. The molecule has 0 fully saturated rings. The zero-order valence-electron chi connectivity index (χ0n) is 8.06. The van der Waals surface area contributed by atoms with Crippen LogP contribution in [0.3, 0.4) is 0 Å². The third-order valence-corrected chi connectivity index (χ3v) is 2.39. The Morgan fingerprint density at radius 2 is 2.00 bits per heavy atom. The van der Waals surface area contributed by atoms with Gasteiger partial charge in [0, 0.05) is 5.02 Å². The van der Waals surface area contributed by atoms with Gasteiger partial charge in [-0.25, -0.2) is 0 Å². The van der Waals surface area contributed by atoms with E-state index in [1.807, 2.05) is 39.0 Å². The van der Waals surface area contributed by atoms with E-state index >= 15 is 0 Å². The molecular formula is C11H12ClN. The number of halogens is 1. The number of nitriles is 1. The second kappa shape index (κ2) is 3.40. The fraction of sp³-hybridized carbons (Fsp3) is 0.364. The van der Waals surface area contributed by atoms with Crippen molar-refractivity contribution in [3.8, 4) is 6.07 Å². The minimum Gasteiger partial charge on any atom is -0.197 e. The van der Waals surface area contributed by atoms with Crippen molar-refractivity contribution in [2.45, 2.75) is 26.2 Å². The van der Waals surface area contributed by atoms with E-state index in [4.69, 9.17) is 16.9 Å². The summed E-state index contributed by atoms with van der Waals surface area (Å²) in [6.45, 7) is 5.78. The SMILES string of the molecule is Cc1ccc(Cl)cc1C(C)(C)C#N. The van der Waals surface area contributed by atoms with Crippen molar-refractivity contribution in [3.63, 3.8) is 0 Å². The largest absolute Gasteiger partial charge is 0.197 e. The van der Waals surface area contributed by atoms with Crippen molar-refractivity contribution in [2.24, 2.45) is 0 Å². The standard InChI is InChI=1S/C11H12ClN/c1-8-4-5-9(12)6-10(8)11(2,3)7-13/h4-6H,1-3H3. The molecule has 1 nitrogen and oxygen atoms in total. The van der Waals surface area contributed by atoms with Crippen molar-refractivity contribution in [1.82, 2.24) is 0 Å². The third-order valence-electron chi connectivity index (χ3n) is 2.15. The summed E-state index contributed by atoms with van der Waals surface area (Å²) >= 11 is 5.87. The Hall–Kier alpha value is -1.00. The summed E-state index contributed by atoms with van der Waals surface area (Å²) in [6, 6.07) is 7.91. The lowest BCUT2D eigenvalue weighted by atomic mass is 9.84. The van der Waals surface area contributed by atoms with Crippen LogP contribution in [0.1, 0.15) is 25.0 Å². The Balaban J connectivity index is 3.30. The molecule has 0 saturated heterocycles. The molecule has 68 valence electrons. The topological polar surface area (TPSA) is 23.8 Å². The molecular weight excluding hydrogens is 182 g/mol. The molecule has 13 heavy (non-hydrogen) atoms. The number of nitrogens with zero attached hydrogens (tertiary/aromatic N) is 1. The van der Waals surface area contributed by atoms with Gasteiger partial charge in [0.2, 0.25) is 0 Å². The van der Waals surface area contributed by atoms with Crippen LogP contribution < -0.4 is 0 Å². The summed E-state index contributed by atoms with van der Waals surface area (Å²) in [6.07, 6.45) is 0. The maximum absolute atomic E-state index is 8.97. The molecule has 2 heteroatoms. The van der Waals surface area contributed by atoms with Gasteiger partial charge in [0.15, 0.2) is 0 Å². The van der Waals surface area contributed by atoms with E-state index in [2.05, 4.69) is 6.07 Å². The zero-order valence-corrected chi connectivity index (χ0v) is 8.81. The van der Waals surface area contributed by atoms with Crippen molar-refractivity contribution in [1.29, 1.82) is 5.26 Å². The summed E-state index contributed by atoms with van der Waals surface area (Å²) in [7, 11) is 0. The van der Waals surface area contributed by atoms with E-state index in [9.17, 15) is 0 Å². The molecule has 0 aliphatic rings. The van der Waals surface area contributed by atoms with Gasteiger partial charge in [0.05, 0.1) is 11.5 Å². The van der Waals surface area contributed by atoms with Gasteiger partial charge in [-0.05, 0) is 44.0 Å². The van der Waals surface area contributed by atoms with Crippen LogP contribution in [0.15, 0.2) is 18.2 Å². The maximum atomic E-state index is 8.97. The Kier molecular flexibility index (Phi) is 2.63. The van der Waals surface area contributed by atoms with Crippen LogP contribution in [0.25, 0.3) is 0 Å². The number of hydrogen-bond acceptors (Lipinski definition) is 1. The second-order valence-electron chi connectivity index (χ2n) is 3.70. The molecule has 0 unspecified atom stereocenters. The quantitative estimate of drug-likeness (QED) is 0.670. The first-order valence-corrected chi connectivity index (χ1v) is 4.53. The van der Waals surface area contributed by atoms with Gasteiger partial charge >= 0.3 is 0 Å². The third kappa shape index (κ3) is 2.02. The number of aryl methyl sites for hydroxylation is 1. The molecule has 0 atom stereocenters. The van der Waals surface area contributed by atoms with E-state index in [1.54, 1.807) is 0 Å². The highest BCUT2D eigenvalue weighted by Gasteiger charge is 2.21. The minimum atomic E-state index is -0.463. The molecule has 0 spiro atoms. The van der Waals surface area contributed by atoms with Crippen LogP contribution in [-0.2, 0) is 5.41 Å². The normalized spacial score (nSPS) is 11.0. The first kappa shape index (κ1) is 10.1. The maximum Gasteiger partial charge on any atom is 0.0769 e. The minimum absolute atomic E-state index is 0.463. The van der Waals surface area contributed by atoms with Gasteiger partial charge in [-0.3, -0.25) is 0 Å². The fourth-order valence-electron chi connectivity index (χ4n) is 1.33. The van der Waals surface area contributed by atoms with Crippen molar-refractivity contribution >= 4 is 11.6 Å². The monoisotopic (exact) mass is 193 g/mol. The molecule has 1 aromatic carbocycles.